The van der Waals surface area contributed by atoms with Crippen LogP contribution in [0.4, 0.5) is 0 Å². The van der Waals surface area contributed by atoms with Gasteiger partial charge in [-0.1, -0.05) is 30.3 Å². The Labute approximate surface area is 127 Å². The summed E-state index contributed by atoms with van der Waals surface area (Å²) in [5.41, 5.74) is 6.72. The highest BCUT2D eigenvalue weighted by atomic mass is 32.2. The number of nitrogens with one attached hydrogen (secondary N) is 1. The Bertz CT molecular complexity index is 533. The van der Waals surface area contributed by atoms with E-state index in [0.29, 0.717) is 0 Å². The van der Waals surface area contributed by atoms with Gasteiger partial charge in [-0.3, -0.25) is 4.90 Å². The van der Waals surface area contributed by atoms with Crippen LogP contribution < -0.4 is 10.5 Å². The lowest BCUT2D eigenvalue weighted by Gasteiger charge is -2.33. The van der Waals surface area contributed by atoms with Gasteiger partial charge in [-0.25, -0.2) is 13.1 Å². The second-order valence-electron chi connectivity index (χ2n) is 5.77. The van der Waals surface area contributed by atoms with Crippen molar-refractivity contribution in [2.45, 2.75) is 37.6 Å². The van der Waals surface area contributed by atoms with E-state index in [4.69, 9.17) is 5.73 Å². The average molecular weight is 311 g/mol. The van der Waals surface area contributed by atoms with Crippen LogP contribution in [-0.2, 0) is 16.6 Å². The fourth-order valence-corrected chi connectivity index (χ4v) is 3.75. The van der Waals surface area contributed by atoms with Gasteiger partial charge in [-0.15, -0.1) is 0 Å². The van der Waals surface area contributed by atoms with Crippen LogP contribution in [0.1, 0.15) is 25.3 Å². The number of hydrogen-bond donors (Lipinski definition) is 2. The molecule has 0 saturated carbocycles. The van der Waals surface area contributed by atoms with E-state index < -0.39 is 15.3 Å². The number of piperidine rings is 1. The maximum Gasteiger partial charge on any atom is 0.215 e. The molecule has 2 rings (SSSR count). The van der Waals surface area contributed by atoms with E-state index in [1.54, 1.807) is 6.92 Å². The Kier molecular flexibility index (Phi) is 5.75. The number of hydrogen-bond acceptors (Lipinski definition) is 4. The molecule has 1 aromatic rings. The summed E-state index contributed by atoms with van der Waals surface area (Å²) in [4.78, 5) is 2.30. The predicted molar refractivity (Wildman–Crippen MR) is 85.3 cm³/mol. The van der Waals surface area contributed by atoms with Crippen LogP contribution >= 0.6 is 0 Å². The van der Waals surface area contributed by atoms with Gasteiger partial charge in [0.15, 0.2) is 0 Å². The third-order valence-corrected chi connectivity index (χ3v) is 5.86. The summed E-state index contributed by atoms with van der Waals surface area (Å²) in [6.07, 6.45) is 1.90. The van der Waals surface area contributed by atoms with Gasteiger partial charge in [0.2, 0.25) is 10.0 Å². The number of nitrogens with two attached hydrogens (primary N) is 1. The Morgan fingerprint density at radius 1 is 1.38 bits per heavy atom. The van der Waals surface area contributed by atoms with E-state index in [1.165, 1.54) is 5.56 Å². The third kappa shape index (κ3) is 4.78. The topological polar surface area (TPSA) is 75.4 Å². The molecule has 0 spiro atoms. The van der Waals surface area contributed by atoms with Gasteiger partial charge in [-0.05, 0) is 31.9 Å². The van der Waals surface area contributed by atoms with Crippen molar-refractivity contribution < 1.29 is 8.42 Å². The van der Waals surface area contributed by atoms with E-state index in [9.17, 15) is 8.42 Å². The lowest BCUT2D eigenvalue weighted by molar-refractivity contribution is 0.194. The number of rotatable bonds is 6. The fraction of sp³-hybridized carbons (Fsp3) is 0.600. The van der Waals surface area contributed by atoms with Gasteiger partial charge >= 0.3 is 0 Å². The summed E-state index contributed by atoms with van der Waals surface area (Å²) in [5.74, 6) is 0. The Hall–Kier alpha value is -0.950. The molecule has 2 atom stereocenters. The molecule has 5 nitrogen and oxygen atoms in total. The largest absolute Gasteiger partial charge is 0.329 e. The minimum absolute atomic E-state index is 0.0125. The predicted octanol–water partition coefficient (Wildman–Crippen LogP) is 0.918. The zero-order valence-corrected chi connectivity index (χ0v) is 13.3. The molecule has 118 valence electrons. The molecule has 0 radical (unpaired) electrons. The van der Waals surface area contributed by atoms with Gasteiger partial charge in [0.05, 0.1) is 5.25 Å². The molecule has 0 aromatic heterocycles. The van der Waals surface area contributed by atoms with E-state index in [2.05, 4.69) is 21.8 Å². The SMILES string of the molecule is CC(CN)S(=O)(=O)NC1CCCN(Cc2ccccc2)C1. The maximum absolute atomic E-state index is 12.1. The Morgan fingerprint density at radius 3 is 2.76 bits per heavy atom. The van der Waals surface area contributed by atoms with Crippen LogP contribution in [0.2, 0.25) is 0 Å². The highest BCUT2D eigenvalue weighted by Gasteiger charge is 2.27. The molecular weight excluding hydrogens is 286 g/mol. The van der Waals surface area contributed by atoms with Crippen LogP contribution in [0.5, 0.6) is 0 Å². The minimum Gasteiger partial charge on any atom is -0.329 e. The average Bonchev–Trinajstić information content (AvgIpc) is 2.47. The lowest BCUT2D eigenvalue weighted by atomic mass is 10.1. The molecular formula is C15H25N3O2S. The number of sulfonamides is 1. The number of benzene rings is 1. The molecule has 6 heteroatoms. The van der Waals surface area contributed by atoms with Crippen LogP contribution in [0.3, 0.4) is 0 Å². The zero-order valence-electron chi connectivity index (χ0n) is 12.5. The number of likely N-dealkylation sites (tertiary alicyclic amines) is 1. The van der Waals surface area contributed by atoms with Crippen molar-refractivity contribution >= 4 is 10.0 Å². The first-order valence-corrected chi connectivity index (χ1v) is 9.03. The molecule has 0 aliphatic carbocycles. The molecule has 0 bridgehead atoms. The zero-order chi connectivity index (χ0) is 15.3. The van der Waals surface area contributed by atoms with E-state index in [0.717, 1.165) is 32.5 Å². The standard InChI is InChI=1S/C15H25N3O2S/c1-13(10-16)21(19,20)17-15-8-5-9-18(12-15)11-14-6-3-2-4-7-14/h2-4,6-7,13,15,17H,5,8-12,16H2,1H3. The molecule has 0 amide bonds. The molecule has 3 N–H and O–H groups in total. The van der Waals surface area contributed by atoms with Crippen LogP contribution in [0.15, 0.2) is 30.3 Å². The van der Waals surface area contributed by atoms with E-state index in [-0.39, 0.29) is 12.6 Å². The molecule has 1 aromatic carbocycles. The second-order valence-corrected chi connectivity index (χ2v) is 7.90. The first kappa shape index (κ1) is 16.4. The van der Waals surface area contributed by atoms with Crippen molar-refractivity contribution in [2.24, 2.45) is 5.73 Å². The van der Waals surface area contributed by atoms with Gasteiger partial charge < -0.3 is 5.73 Å². The van der Waals surface area contributed by atoms with Crippen LogP contribution in [0.25, 0.3) is 0 Å². The van der Waals surface area contributed by atoms with Crippen molar-refractivity contribution in [2.75, 3.05) is 19.6 Å². The van der Waals surface area contributed by atoms with E-state index >= 15 is 0 Å². The summed E-state index contributed by atoms with van der Waals surface area (Å²) in [5, 5.41) is -0.540. The highest BCUT2D eigenvalue weighted by Crippen LogP contribution is 2.15. The summed E-state index contributed by atoms with van der Waals surface area (Å²) in [7, 11) is -3.31. The van der Waals surface area contributed by atoms with Gasteiger partial charge in [0.1, 0.15) is 0 Å². The maximum atomic E-state index is 12.1. The van der Waals surface area contributed by atoms with Crippen LogP contribution in [-0.4, -0.2) is 44.2 Å². The van der Waals surface area contributed by atoms with E-state index in [1.807, 2.05) is 18.2 Å². The summed E-state index contributed by atoms with van der Waals surface area (Å²) in [6.45, 7) is 4.43. The minimum atomic E-state index is -3.31. The third-order valence-electron chi connectivity index (χ3n) is 3.95. The molecule has 1 aliphatic rings. The van der Waals surface area contributed by atoms with Crippen LogP contribution in [0, 0.1) is 0 Å². The molecule has 21 heavy (non-hydrogen) atoms. The molecule has 1 heterocycles. The van der Waals surface area contributed by atoms with Gasteiger partial charge in [-0.2, -0.15) is 0 Å². The van der Waals surface area contributed by atoms with Gasteiger partial charge in [0, 0.05) is 25.7 Å². The lowest BCUT2D eigenvalue weighted by Crippen LogP contribution is -2.50. The van der Waals surface area contributed by atoms with Crippen molar-refractivity contribution in [1.29, 1.82) is 0 Å². The Balaban J connectivity index is 1.92. The molecule has 1 aliphatic heterocycles. The summed E-state index contributed by atoms with van der Waals surface area (Å²) >= 11 is 0. The van der Waals surface area contributed by atoms with Gasteiger partial charge in [0.25, 0.3) is 0 Å². The quantitative estimate of drug-likeness (QED) is 0.819. The first-order chi connectivity index (χ1) is 10.0. The molecule has 1 saturated heterocycles. The molecule has 1 fully saturated rings. The Morgan fingerprint density at radius 2 is 2.10 bits per heavy atom. The fourth-order valence-electron chi connectivity index (χ4n) is 2.61. The smallest absolute Gasteiger partial charge is 0.215 e. The molecule has 2 unspecified atom stereocenters. The highest BCUT2D eigenvalue weighted by molar-refractivity contribution is 7.90. The number of nitrogens with zero attached hydrogens (tertiary/aromatic N) is 1. The monoisotopic (exact) mass is 311 g/mol. The summed E-state index contributed by atoms with van der Waals surface area (Å²) < 4.78 is 27.0. The first-order valence-electron chi connectivity index (χ1n) is 7.49. The van der Waals surface area contributed by atoms with Crippen molar-refractivity contribution in [1.82, 2.24) is 9.62 Å². The second kappa shape index (κ2) is 7.35. The van der Waals surface area contributed by atoms with Crippen molar-refractivity contribution in [3.05, 3.63) is 35.9 Å². The van der Waals surface area contributed by atoms with Crippen molar-refractivity contribution in [3.63, 3.8) is 0 Å². The summed E-state index contributed by atoms with van der Waals surface area (Å²) in [6, 6.07) is 10.3. The van der Waals surface area contributed by atoms with Crippen molar-refractivity contribution in [3.8, 4) is 0 Å². The normalized spacial score (nSPS) is 22.1.